The second-order valence-corrected chi connectivity index (χ2v) is 8.13. The summed E-state index contributed by atoms with van der Waals surface area (Å²) in [7, 11) is 0. The van der Waals surface area contributed by atoms with Crippen LogP contribution in [0.3, 0.4) is 0 Å². The Labute approximate surface area is 204 Å². The molecule has 194 valence electrons. The number of pyridine rings is 2. The first-order valence-corrected chi connectivity index (χ1v) is 10.6. The van der Waals surface area contributed by atoms with Gasteiger partial charge >= 0.3 is 6.18 Å². The number of carbonyl (C=O) groups excluding carboxylic acids is 1. The summed E-state index contributed by atoms with van der Waals surface area (Å²) in [6.45, 7) is -0.0857. The number of aryl methyl sites for hydroxylation is 1. The Morgan fingerprint density at radius 1 is 1.16 bits per heavy atom. The third kappa shape index (κ3) is 5.18. The van der Waals surface area contributed by atoms with Gasteiger partial charge in [-0.2, -0.15) is 18.2 Å². The van der Waals surface area contributed by atoms with E-state index in [0.717, 1.165) is 6.07 Å². The number of nitrogens with one attached hydrogen (secondary N) is 1. The molecule has 0 aliphatic heterocycles. The number of nitrogens with two attached hydrogens (primary N) is 1. The molecule has 37 heavy (non-hydrogen) atoms. The fraction of sp³-hybridized carbons (Fsp3) is 0.217. The Balaban J connectivity index is 1.56. The van der Waals surface area contributed by atoms with Crippen LogP contribution in [-0.4, -0.2) is 43.1 Å². The first-order chi connectivity index (χ1) is 17.3. The number of aliphatic hydroxyl groups is 1. The molecule has 0 unspecified atom stereocenters. The smallest absolute Gasteiger partial charge is 0.382 e. The van der Waals surface area contributed by atoms with Gasteiger partial charge in [-0.05, 0) is 47.9 Å². The molecule has 14 heteroatoms. The summed E-state index contributed by atoms with van der Waals surface area (Å²) >= 11 is 0. The molecule has 3 aromatic heterocycles. The lowest BCUT2D eigenvalue weighted by atomic mass is 9.98. The third-order valence-electron chi connectivity index (χ3n) is 5.52. The van der Waals surface area contributed by atoms with Crippen LogP contribution in [0, 0.1) is 12.7 Å². The van der Waals surface area contributed by atoms with Crippen LogP contribution in [0.5, 0.6) is 0 Å². The average Bonchev–Trinajstić information content (AvgIpc) is 3.21. The number of halogens is 6. The van der Waals surface area contributed by atoms with Gasteiger partial charge in [0.05, 0.1) is 12.1 Å². The van der Waals surface area contributed by atoms with Crippen molar-refractivity contribution in [3.05, 3.63) is 77.0 Å². The molecule has 0 fully saturated rings. The third-order valence-corrected chi connectivity index (χ3v) is 5.52. The predicted octanol–water partition coefficient (Wildman–Crippen LogP) is 3.94. The molecule has 0 radical (unpaired) electrons. The maximum atomic E-state index is 15.4. The van der Waals surface area contributed by atoms with Crippen LogP contribution in [0.25, 0.3) is 16.8 Å². The molecule has 1 aromatic carbocycles. The zero-order valence-corrected chi connectivity index (χ0v) is 18.9. The molecule has 0 aliphatic carbocycles. The lowest BCUT2D eigenvalue weighted by molar-refractivity contribution is -0.141. The molecule has 4 N–H and O–H groups in total. The highest BCUT2D eigenvalue weighted by atomic mass is 19.4. The van der Waals surface area contributed by atoms with Crippen molar-refractivity contribution in [2.75, 3.05) is 12.3 Å². The minimum atomic E-state index is -4.91. The average molecular weight is 524 g/mol. The Bertz CT molecular complexity index is 1490. The van der Waals surface area contributed by atoms with Crippen LogP contribution in [0.1, 0.15) is 33.3 Å². The van der Waals surface area contributed by atoms with Gasteiger partial charge in [0, 0.05) is 18.0 Å². The van der Waals surface area contributed by atoms with Gasteiger partial charge in [0.2, 0.25) is 5.95 Å². The predicted molar refractivity (Wildman–Crippen MR) is 119 cm³/mol. The number of hydrogen-bond acceptors (Lipinski definition) is 6. The molecule has 1 atom stereocenters. The molecule has 0 aliphatic rings. The van der Waals surface area contributed by atoms with E-state index in [0.29, 0.717) is 17.4 Å². The van der Waals surface area contributed by atoms with Gasteiger partial charge in [0.15, 0.2) is 5.65 Å². The first-order valence-electron chi connectivity index (χ1n) is 10.6. The van der Waals surface area contributed by atoms with Gasteiger partial charge in [-0.15, -0.1) is 5.10 Å². The van der Waals surface area contributed by atoms with Crippen molar-refractivity contribution in [2.45, 2.75) is 25.1 Å². The van der Waals surface area contributed by atoms with E-state index in [1.165, 1.54) is 41.9 Å². The van der Waals surface area contributed by atoms with E-state index in [2.05, 4.69) is 15.1 Å². The summed E-state index contributed by atoms with van der Waals surface area (Å²) in [4.78, 5) is 19.7. The van der Waals surface area contributed by atoms with Crippen LogP contribution in [0.15, 0.2) is 48.8 Å². The molecular formula is C23H18F6N6O2. The van der Waals surface area contributed by atoms with Crippen molar-refractivity contribution in [2.24, 2.45) is 0 Å². The largest absolute Gasteiger partial charge is 0.433 e. The molecule has 0 spiro atoms. The second-order valence-electron chi connectivity index (χ2n) is 8.13. The number of alkyl halides is 5. The van der Waals surface area contributed by atoms with Gasteiger partial charge in [-0.1, -0.05) is 12.1 Å². The van der Waals surface area contributed by atoms with Crippen molar-refractivity contribution in [3.8, 4) is 11.1 Å². The van der Waals surface area contributed by atoms with E-state index < -0.39 is 53.3 Å². The minimum Gasteiger partial charge on any atom is -0.382 e. The van der Waals surface area contributed by atoms with E-state index in [1.54, 1.807) is 0 Å². The molecule has 0 bridgehead atoms. The van der Waals surface area contributed by atoms with E-state index in [-0.39, 0.29) is 23.1 Å². The molecule has 4 rings (SSSR count). The van der Waals surface area contributed by atoms with E-state index in [4.69, 9.17) is 5.73 Å². The van der Waals surface area contributed by atoms with Crippen LogP contribution in [0.4, 0.5) is 32.3 Å². The number of nitrogen functional groups attached to an aromatic ring is 1. The zero-order chi connectivity index (χ0) is 27.1. The summed E-state index contributed by atoms with van der Waals surface area (Å²) in [5.74, 6) is -6.31. The fourth-order valence-corrected chi connectivity index (χ4v) is 3.64. The highest BCUT2D eigenvalue weighted by molar-refractivity contribution is 5.97. The van der Waals surface area contributed by atoms with Crippen LogP contribution in [0.2, 0.25) is 0 Å². The van der Waals surface area contributed by atoms with Crippen molar-refractivity contribution in [1.82, 2.24) is 24.9 Å². The lowest BCUT2D eigenvalue weighted by Crippen LogP contribution is -2.41. The summed E-state index contributed by atoms with van der Waals surface area (Å²) < 4.78 is 84.5. The lowest BCUT2D eigenvalue weighted by Gasteiger charge is -2.24. The Hall–Kier alpha value is -4.20. The summed E-state index contributed by atoms with van der Waals surface area (Å²) in [6, 6.07) is 6.85. The van der Waals surface area contributed by atoms with Crippen LogP contribution >= 0.6 is 0 Å². The second kappa shape index (κ2) is 9.35. The number of benzene rings is 1. The van der Waals surface area contributed by atoms with Gasteiger partial charge in [-0.3, -0.25) is 9.78 Å². The molecule has 0 saturated heterocycles. The van der Waals surface area contributed by atoms with Gasteiger partial charge < -0.3 is 16.2 Å². The zero-order valence-electron chi connectivity index (χ0n) is 18.9. The monoisotopic (exact) mass is 524 g/mol. The number of fused-ring (bicyclic) bond motifs is 1. The van der Waals surface area contributed by atoms with Crippen molar-refractivity contribution in [3.63, 3.8) is 0 Å². The number of aliphatic hydroxyl groups excluding tert-OH is 1. The summed E-state index contributed by atoms with van der Waals surface area (Å²) in [5.41, 5.74) is 3.53. The first kappa shape index (κ1) is 25.9. The number of carbonyl (C=O) groups is 1. The Morgan fingerprint density at radius 2 is 1.89 bits per heavy atom. The van der Waals surface area contributed by atoms with Gasteiger partial charge in [-0.25, -0.2) is 17.7 Å². The normalized spacial score (nSPS) is 13.1. The number of amides is 1. The van der Waals surface area contributed by atoms with Gasteiger partial charge in [0.1, 0.15) is 17.6 Å². The highest BCUT2D eigenvalue weighted by Crippen LogP contribution is 2.34. The molecular weight excluding hydrogens is 506 g/mol. The topological polar surface area (TPSA) is 118 Å². The molecule has 0 saturated carbocycles. The Kier molecular flexibility index (Phi) is 6.54. The summed E-state index contributed by atoms with van der Waals surface area (Å²) in [6.07, 6.45) is -5.51. The van der Waals surface area contributed by atoms with Crippen LogP contribution in [-0.2, 0) is 6.18 Å². The number of nitrogens with zero attached hydrogens (tertiary/aromatic N) is 4. The van der Waals surface area contributed by atoms with Crippen molar-refractivity contribution >= 4 is 17.5 Å². The molecule has 4 aromatic rings. The van der Waals surface area contributed by atoms with Gasteiger partial charge in [0.25, 0.3) is 11.8 Å². The maximum absolute atomic E-state index is 15.4. The number of hydrogen-bond donors (Lipinski definition) is 3. The number of rotatable bonds is 6. The quantitative estimate of drug-likeness (QED) is 0.329. The van der Waals surface area contributed by atoms with Crippen LogP contribution < -0.4 is 11.1 Å². The van der Waals surface area contributed by atoms with E-state index in [1.807, 2.05) is 5.32 Å². The Morgan fingerprint density at radius 3 is 2.59 bits per heavy atom. The highest BCUT2D eigenvalue weighted by Gasteiger charge is 2.41. The molecule has 3 heterocycles. The number of anilines is 1. The van der Waals surface area contributed by atoms with Crippen molar-refractivity contribution in [1.29, 1.82) is 0 Å². The molecule has 1 amide bonds. The molecule has 8 nitrogen and oxygen atoms in total. The SMILES string of the molecule is Cc1ccc(-c2ccn3nc(N)nc3c2)c(F)c1C(=O)NCC(F)(F)[C@H](O)c1ccnc(C(F)(F)F)c1. The van der Waals surface area contributed by atoms with E-state index in [9.17, 15) is 31.9 Å². The number of aromatic nitrogens is 4. The van der Waals surface area contributed by atoms with E-state index >= 15 is 4.39 Å². The minimum absolute atomic E-state index is 0.00823. The standard InChI is InChI=1S/C23H18F6N6O2/c1-11-2-3-14(12-5-7-35-16(9-12)33-21(30)34-35)18(24)17(11)20(37)32-10-22(25,26)19(36)13-4-6-31-15(8-13)23(27,28)29/h2-9,19,36H,10H2,1H3,(H2,30,34)(H,32,37)/t19-/m1/s1. The summed E-state index contributed by atoms with van der Waals surface area (Å²) in [5, 5.41) is 15.8. The fourth-order valence-electron chi connectivity index (χ4n) is 3.64. The van der Waals surface area contributed by atoms with Crippen molar-refractivity contribution < 1.29 is 36.2 Å². The maximum Gasteiger partial charge on any atom is 0.433 e.